The van der Waals surface area contributed by atoms with Crippen LogP contribution >= 0.6 is 11.6 Å². The molecule has 0 spiro atoms. The summed E-state index contributed by atoms with van der Waals surface area (Å²) in [5.74, 6) is 1.91. The van der Waals surface area contributed by atoms with Gasteiger partial charge in [0.25, 0.3) is 0 Å². The van der Waals surface area contributed by atoms with Crippen LogP contribution in [-0.2, 0) is 6.42 Å². The molecule has 4 rings (SSSR count). The van der Waals surface area contributed by atoms with Crippen molar-refractivity contribution in [3.8, 4) is 23.0 Å². The average molecular weight is 391 g/mol. The van der Waals surface area contributed by atoms with Crippen LogP contribution in [-0.4, -0.2) is 11.5 Å². The molecule has 0 saturated heterocycles. The first kappa shape index (κ1) is 17.9. The fraction of sp³-hybridized carbons (Fsp3) is 0.0952. The Balaban J connectivity index is 1.54. The third-order valence-electron chi connectivity index (χ3n) is 4.17. The highest BCUT2D eigenvalue weighted by atomic mass is 35.5. The first-order chi connectivity index (χ1) is 13.7. The van der Waals surface area contributed by atoms with Crippen LogP contribution in [0.3, 0.4) is 0 Å². The van der Waals surface area contributed by atoms with Crippen molar-refractivity contribution in [2.45, 2.75) is 6.42 Å². The van der Waals surface area contributed by atoms with Crippen molar-refractivity contribution in [1.29, 1.82) is 0 Å². The van der Waals surface area contributed by atoms with E-state index in [1.54, 1.807) is 12.1 Å². The molecule has 0 bridgehead atoms. The molecule has 0 aliphatic carbocycles. The van der Waals surface area contributed by atoms with Crippen LogP contribution in [0, 0.1) is 0 Å². The highest BCUT2D eigenvalue weighted by molar-refractivity contribution is 6.30. The minimum Gasteiger partial charge on any atom is -0.457 e. The number of azide groups is 1. The molecule has 0 fully saturated rings. The summed E-state index contributed by atoms with van der Waals surface area (Å²) in [7, 11) is 0. The van der Waals surface area contributed by atoms with E-state index in [4.69, 9.17) is 26.3 Å². The summed E-state index contributed by atoms with van der Waals surface area (Å²) in [6.07, 6.45) is 0.698. The predicted molar refractivity (Wildman–Crippen MR) is 109 cm³/mol. The molecule has 6 nitrogen and oxygen atoms in total. The fourth-order valence-electron chi connectivity index (χ4n) is 2.77. The van der Waals surface area contributed by atoms with Gasteiger partial charge in [0.05, 0.1) is 0 Å². The molecule has 7 heteroatoms. The van der Waals surface area contributed by atoms with Crippen molar-refractivity contribution in [1.82, 2.24) is 4.98 Å². The molecular weight excluding hydrogens is 376 g/mol. The zero-order chi connectivity index (χ0) is 19.3. The van der Waals surface area contributed by atoms with Crippen molar-refractivity contribution < 1.29 is 9.15 Å². The Morgan fingerprint density at radius 1 is 1.00 bits per heavy atom. The molecule has 0 atom stereocenters. The normalized spacial score (nSPS) is 10.6. The van der Waals surface area contributed by atoms with E-state index in [-0.39, 0.29) is 0 Å². The van der Waals surface area contributed by atoms with Gasteiger partial charge in [-0.25, -0.2) is 4.98 Å². The Bertz CT molecular complexity index is 1150. The molecular formula is C21H15ClN4O2. The quantitative estimate of drug-likeness (QED) is 0.206. The summed E-state index contributed by atoms with van der Waals surface area (Å²) in [4.78, 5) is 7.33. The molecule has 138 valence electrons. The molecule has 28 heavy (non-hydrogen) atoms. The Kier molecular flexibility index (Phi) is 5.15. The highest BCUT2D eigenvalue weighted by Gasteiger charge is 2.10. The summed E-state index contributed by atoms with van der Waals surface area (Å²) < 4.78 is 11.7. The van der Waals surface area contributed by atoms with Gasteiger partial charge in [0.15, 0.2) is 5.58 Å². The molecule has 1 heterocycles. The minimum atomic E-state index is 0.440. The number of rotatable bonds is 6. The lowest BCUT2D eigenvalue weighted by atomic mass is 10.1. The van der Waals surface area contributed by atoms with Crippen molar-refractivity contribution in [3.63, 3.8) is 0 Å². The average Bonchev–Trinajstić information content (AvgIpc) is 3.14. The predicted octanol–water partition coefficient (Wildman–Crippen LogP) is 6.79. The van der Waals surface area contributed by atoms with Gasteiger partial charge in [0.2, 0.25) is 5.89 Å². The topological polar surface area (TPSA) is 84.0 Å². The van der Waals surface area contributed by atoms with Gasteiger partial charge < -0.3 is 9.15 Å². The maximum absolute atomic E-state index is 8.34. The lowest BCUT2D eigenvalue weighted by Crippen LogP contribution is -1.88. The van der Waals surface area contributed by atoms with Gasteiger partial charge >= 0.3 is 0 Å². The summed E-state index contributed by atoms with van der Waals surface area (Å²) in [5, 5.41) is 4.21. The molecule has 0 saturated carbocycles. The Morgan fingerprint density at radius 2 is 1.75 bits per heavy atom. The van der Waals surface area contributed by atoms with Crippen LogP contribution in [0.4, 0.5) is 0 Å². The SMILES string of the molecule is [N-]=[N+]=NCCc1ccc(-c2nc3cc(Oc4ccc(Cl)cc4)ccc3o2)cc1. The van der Waals surface area contributed by atoms with Gasteiger partial charge in [-0.15, -0.1) is 0 Å². The van der Waals surface area contributed by atoms with Gasteiger partial charge in [-0.1, -0.05) is 28.8 Å². The van der Waals surface area contributed by atoms with Crippen molar-refractivity contribution in [3.05, 3.63) is 87.8 Å². The van der Waals surface area contributed by atoms with E-state index < -0.39 is 0 Å². The summed E-state index contributed by atoms with van der Waals surface area (Å²) in [5.41, 5.74) is 11.7. The monoisotopic (exact) mass is 390 g/mol. The fourth-order valence-corrected chi connectivity index (χ4v) is 2.90. The van der Waals surface area contributed by atoms with Gasteiger partial charge in [-0.2, -0.15) is 0 Å². The van der Waals surface area contributed by atoms with Crippen LogP contribution in [0.2, 0.25) is 5.02 Å². The second kappa shape index (κ2) is 8.05. The number of hydrogen-bond acceptors (Lipinski definition) is 4. The van der Waals surface area contributed by atoms with E-state index in [0.29, 0.717) is 46.5 Å². The second-order valence-corrected chi connectivity index (χ2v) is 6.54. The Morgan fingerprint density at radius 3 is 2.50 bits per heavy atom. The summed E-state index contributed by atoms with van der Waals surface area (Å²) in [6, 6.07) is 20.5. The number of benzene rings is 3. The maximum Gasteiger partial charge on any atom is 0.227 e. The van der Waals surface area contributed by atoms with Crippen molar-refractivity contribution in [2.24, 2.45) is 5.11 Å². The summed E-state index contributed by atoms with van der Waals surface area (Å²) >= 11 is 5.90. The Hall–Kier alpha value is -3.47. The van der Waals surface area contributed by atoms with Crippen LogP contribution in [0.1, 0.15) is 5.56 Å². The van der Waals surface area contributed by atoms with E-state index in [9.17, 15) is 0 Å². The maximum atomic E-state index is 8.34. The first-order valence-electron chi connectivity index (χ1n) is 8.65. The molecule has 0 aliphatic heterocycles. The number of fused-ring (bicyclic) bond motifs is 1. The molecule has 0 N–H and O–H groups in total. The molecule has 0 radical (unpaired) electrons. The second-order valence-electron chi connectivity index (χ2n) is 6.11. The number of oxazole rings is 1. The van der Waals surface area contributed by atoms with Crippen molar-refractivity contribution in [2.75, 3.05) is 6.54 Å². The molecule has 4 aromatic rings. The number of nitrogens with zero attached hydrogens (tertiary/aromatic N) is 4. The highest BCUT2D eigenvalue weighted by Crippen LogP contribution is 2.29. The van der Waals surface area contributed by atoms with E-state index in [1.165, 1.54) is 0 Å². The minimum absolute atomic E-state index is 0.440. The molecule has 0 amide bonds. The van der Waals surface area contributed by atoms with E-state index in [1.807, 2.05) is 54.6 Å². The number of hydrogen-bond donors (Lipinski definition) is 0. The van der Waals surface area contributed by atoms with Crippen LogP contribution < -0.4 is 4.74 Å². The van der Waals surface area contributed by atoms with Crippen molar-refractivity contribution >= 4 is 22.7 Å². The van der Waals surface area contributed by atoms with E-state index >= 15 is 0 Å². The third kappa shape index (κ3) is 4.09. The van der Waals surface area contributed by atoms with Crippen LogP contribution in [0.5, 0.6) is 11.5 Å². The smallest absolute Gasteiger partial charge is 0.227 e. The van der Waals surface area contributed by atoms with Gasteiger partial charge in [0.1, 0.15) is 17.0 Å². The zero-order valence-electron chi connectivity index (χ0n) is 14.7. The molecule has 3 aromatic carbocycles. The number of ether oxygens (including phenoxy) is 1. The van der Waals surface area contributed by atoms with Gasteiger partial charge in [0, 0.05) is 28.1 Å². The number of aromatic nitrogens is 1. The lowest BCUT2D eigenvalue weighted by Gasteiger charge is -2.04. The van der Waals surface area contributed by atoms with Crippen LogP contribution in [0.15, 0.2) is 76.3 Å². The Labute approximate surface area is 166 Å². The standard InChI is InChI=1S/C21H15ClN4O2/c22-16-5-7-17(8-6-16)27-18-9-10-20-19(13-18)25-21(28-20)15-3-1-14(2-4-15)11-12-24-26-23/h1-10,13H,11-12H2. The van der Waals surface area contributed by atoms with Gasteiger partial charge in [-0.05, 0) is 66.0 Å². The molecule has 0 aliphatic rings. The lowest BCUT2D eigenvalue weighted by molar-refractivity contribution is 0.483. The van der Waals surface area contributed by atoms with Crippen LogP contribution in [0.25, 0.3) is 33.0 Å². The van der Waals surface area contributed by atoms with E-state index in [2.05, 4.69) is 15.0 Å². The van der Waals surface area contributed by atoms with Gasteiger partial charge in [-0.3, -0.25) is 0 Å². The largest absolute Gasteiger partial charge is 0.457 e. The number of halogens is 1. The first-order valence-corrected chi connectivity index (χ1v) is 9.03. The summed E-state index contributed by atoms with van der Waals surface area (Å²) in [6.45, 7) is 0.440. The molecule has 1 aromatic heterocycles. The van der Waals surface area contributed by atoms with E-state index in [0.717, 1.165) is 11.1 Å². The molecule has 0 unspecified atom stereocenters. The zero-order valence-corrected chi connectivity index (χ0v) is 15.5. The third-order valence-corrected chi connectivity index (χ3v) is 4.42.